The van der Waals surface area contributed by atoms with Crippen LogP contribution in [0.4, 0.5) is 0 Å². The van der Waals surface area contributed by atoms with Gasteiger partial charge in [-0.2, -0.15) is 14.9 Å². The number of aromatic amines is 1. The van der Waals surface area contributed by atoms with Gasteiger partial charge >= 0.3 is 0 Å². The molecule has 1 N–H and O–H groups in total. The Kier molecular flexibility index (Phi) is 6.54. The third-order valence-electron chi connectivity index (χ3n) is 3.14. The number of benzene rings is 1. The van der Waals surface area contributed by atoms with Crippen molar-refractivity contribution in [2.24, 2.45) is 5.10 Å². The number of hydrogen-bond donors (Lipinski definition) is 1. The van der Waals surface area contributed by atoms with E-state index in [-0.39, 0.29) is 6.10 Å². The SMILES string of the molecule is CCCc1n[nH]c(=S)n1/N=C/c1ccc(OC(C)C)c(OCC)c1. The molecule has 24 heavy (non-hydrogen) atoms. The van der Waals surface area contributed by atoms with E-state index in [0.717, 1.165) is 30.0 Å². The molecule has 0 aliphatic heterocycles. The van der Waals surface area contributed by atoms with Crippen LogP contribution in [-0.4, -0.2) is 33.8 Å². The summed E-state index contributed by atoms with van der Waals surface area (Å²) in [5.41, 5.74) is 0.903. The van der Waals surface area contributed by atoms with Crippen molar-refractivity contribution < 1.29 is 9.47 Å². The van der Waals surface area contributed by atoms with Gasteiger partial charge in [-0.05, 0) is 63.2 Å². The largest absolute Gasteiger partial charge is 0.490 e. The third-order valence-corrected chi connectivity index (χ3v) is 3.41. The second-order valence-electron chi connectivity index (χ2n) is 5.56. The fourth-order valence-corrected chi connectivity index (χ4v) is 2.38. The lowest BCUT2D eigenvalue weighted by Crippen LogP contribution is -2.07. The minimum Gasteiger partial charge on any atom is -0.490 e. The third kappa shape index (κ3) is 4.67. The Labute approximate surface area is 147 Å². The van der Waals surface area contributed by atoms with Gasteiger partial charge in [0.2, 0.25) is 4.77 Å². The first kappa shape index (κ1) is 18.2. The molecule has 1 aromatic carbocycles. The van der Waals surface area contributed by atoms with Crippen molar-refractivity contribution in [1.29, 1.82) is 0 Å². The molecule has 0 saturated heterocycles. The van der Waals surface area contributed by atoms with E-state index in [1.54, 1.807) is 10.9 Å². The van der Waals surface area contributed by atoms with Crippen molar-refractivity contribution in [3.8, 4) is 11.5 Å². The predicted molar refractivity (Wildman–Crippen MR) is 97.8 cm³/mol. The molecule has 1 aromatic heterocycles. The molecule has 0 unspecified atom stereocenters. The van der Waals surface area contributed by atoms with Gasteiger partial charge in [0, 0.05) is 6.42 Å². The van der Waals surface area contributed by atoms with E-state index in [0.29, 0.717) is 17.1 Å². The van der Waals surface area contributed by atoms with Crippen molar-refractivity contribution >= 4 is 18.4 Å². The quantitative estimate of drug-likeness (QED) is 0.579. The van der Waals surface area contributed by atoms with Gasteiger partial charge in [0.1, 0.15) is 0 Å². The molecular weight excluding hydrogens is 324 g/mol. The molecular formula is C17H24N4O2S. The summed E-state index contributed by atoms with van der Waals surface area (Å²) in [5.74, 6) is 2.26. The maximum atomic E-state index is 5.77. The standard InChI is InChI=1S/C17H24N4O2S/c1-5-7-16-19-20-17(24)21(16)18-11-13-8-9-14(23-12(3)4)15(10-13)22-6-2/h8-12H,5-7H2,1-4H3,(H,20,24)/b18-11+. The van der Waals surface area contributed by atoms with Gasteiger partial charge in [0.15, 0.2) is 17.3 Å². The second-order valence-corrected chi connectivity index (χ2v) is 5.94. The van der Waals surface area contributed by atoms with Crippen LogP contribution in [0.15, 0.2) is 23.3 Å². The summed E-state index contributed by atoms with van der Waals surface area (Å²) in [6.07, 6.45) is 3.62. The summed E-state index contributed by atoms with van der Waals surface area (Å²) < 4.78 is 13.6. The first-order chi connectivity index (χ1) is 11.5. The van der Waals surface area contributed by atoms with Crippen LogP contribution in [0.3, 0.4) is 0 Å². The zero-order valence-electron chi connectivity index (χ0n) is 14.6. The molecule has 0 fully saturated rings. The Hall–Kier alpha value is -2.15. The highest BCUT2D eigenvalue weighted by atomic mass is 32.1. The highest BCUT2D eigenvalue weighted by Gasteiger charge is 2.08. The number of rotatable bonds is 8. The van der Waals surface area contributed by atoms with Crippen LogP contribution in [-0.2, 0) is 6.42 Å². The van der Waals surface area contributed by atoms with E-state index in [2.05, 4.69) is 22.2 Å². The molecule has 7 heteroatoms. The summed E-state index contributed by atoms with van der Waals surface area (Å²) in [4.78, 5) is 0. The van der Waals surface area contributed by atoms with Crippen molar-refractivity contribution in [1.82, 2.24) is 14.9 Å². The molecule has 0 amide bonds. The summed E-state index contributed by atoms with van der Waals surface area (Å²) in [7, 11) is 0. The monoisotopic (exact) mass is 348 g/mol. The lowest BCUT2D eigenvalue weighted by Gasteiger charge is -2.14. The minimum absolute atomic E-state index is 0.0876. The molecule has 0 spiro atoms. The molecule has 6 nitrogen and oxygen atoms in total. The predicted octanol–water partition coefficient (Wildman–Crippen LogP) is 3.96. The van der Waals surface area contributed by atoms with Gasteiger partial charge in [-0.15, -0.1) is 0 Å². The maximum absolute atomic E-state index is 5.77. The Morgan fingerprint density at radius 1 is 1.33 bits per heavy atom. The fraction of sp³-hybridized carbons (Fsp3) is 0.471. The van der Waals surface area contributed by atoms with Crippen molar-refractivity contribution in [2.45, 2.75) is 46.6 Å². The van der Waals surface area contributed by atoms with E-state index in [1.165, 1.54) is 0 Å². The van der Waals surface area contributed by atoms with Gasteiger partial charge in [-0.25, -0.2) is 0 Å². The number of aromatic nitrogens is 3. The second kappa shape index (κ2) is 8.63. The Balaban J connectivity index is 2.28. The molecule has 0 radical (unpaired) electrons. The van der Waals surface area contributed by atoms with Crippen LogP contribution in [0.25, 0.3) is 0 Å². The van der Waals surface area contributed by atoms with Crippen LogP contribution in [0.1, 0.15) is 45.5 Å². The van der Waals surface area contributed by atoms with Crippen LogP contribution in [0.2, 0.25) is 0 Å². The van der Waals surface area contributed by atoms with Crippen LogP contribution in [0.5, 0.6) is 11.5 Å². The number of hydrogen-bond acceptors (Lipinski definition) is 5. The molecule has 1 heterocycles. The molecule has 0 saturated carbocycles. The minimum atomic E-state index is 0.0876. The smallest absolute Gasteiger partial charge is 0.216 e. The van der Waals surface area contributed by atoms with Crippen LogP contribution >= 0.6 is 12.2 Å². The number of nitrogens with zero attached hydrogens (tertiary/aromatic N) is 3. The molecule has 2 rings (SSSR count). The molecule has 130 valence electrons. The first-order valence-electron chi connectivity index (χ1n) is 8.19. The van der Waals surface area contributed by atoms with E-state index in [9.17, 15) is 0 Å². The van der Waals surface area contributed by atoms with Crippen LogP contribution in [0, 0.1) is 4.77 Å². The average molecular weight is 348 g/mol. The normalized spacial score (nSPS) is 11.4. The Morgan fingerprint density at radius 2 is 2.12 bits per heavy atom. The molecule has 2 aromatic rings. The Bertz CT molecular complexity index is 749. The van der Waals surface area contributed by atoms with Gasteiger partial charge in [0.05, 0.1) is 18.9 Å². The Morgan fingerprint density at radius 3 is 2.79 bits per heavy atom. The highest BCUT2D eigenvalue weighted by molar-refractivity contribution is 7.71. The summed E-state index contributed by atoms with van der Waals surface area (Å²) in [6, 6.07) is 5.74. The summed E-state index contributed by atoms with van der Waals surface area (Å²) in [6.45, 7) is 8.58. The van der Waals surface area contributed by atoms with Gasteiger partial charge < -0.3 is 9.47 Å². The maximum Gasteiger partial charge on any atom is 0.216 e. The number of nitrogens with one attached hydrogen (secondary N) is 1. The molecule has 0 aliphatic rings. The number of H-pyrrole nitrogens is 1. The zero-order valence-corrected chi connectivity index (χ0v) is 15.4. The zero-order chi connectivity index (χ0) is 17.5. The topological polar surface area (TPSA) is 64.4 Å². The van der Waals surface area contributed by atoms with E-state index >= 15 is 0 Å². The number of ether oxygens (including phenoxy) is 2. The molecule has 0 atom stereocenters. The van der Waals surface area contributed by atoms with Gasteiger partial charge in [-0.3, -0.25) is 5.10 Å². The highest BCUT2D eigenvalue weighted by Crippen LogP contribution is 2.29. The molecule has 0 aliphatic carbocycles. The summed E-state index contributed by atoms with van der Waals surface area (Å²) in [5, 5.41) is 11.4. The van der Waals surface area contributed by atoms with E-state index in [1.807, 2.05) is 39.0 Å². The average Bonchev–Trinajstić information content (AvgIpc) is 2.88. The van der Waals surface area contributed by atoms with Crippen molar-refractivity contribution in [3.63, 3.8) is 0 Å². The van der Waals surface area contributed by atoms with Gasteiger partial charge in [0.25, 0.3) is 0 Å². The summed E-state index contributed by atoms with van der Waals surface area (Å²) >= 11 is 5.22. The van der Waals surface area contributed by atoms with Crippen molar-refractivity contribution in [2.75, 3.05) is 6.61 Å². The van der Waals surface area contributed by atoms with Crippen LogP contribution < -0.4 is 9.47 Å². The van der Waals surface area contributed by atoms with Gasteiger partial charge in [-0.1, -0.05) is 6.92 Å². The fourth-order valence-electron chi connectivity index (χ4n) is 2.18. The van der Waals surface area contributed by atoms with E-state index < -0.39 is 0 Å². The van der Waals surface area contributed by atoms with E-state index in [4.69, 9.17) is 21.7 Å². The van der Waals surface area contributed by atoms with Crippen molar-refractivity contribution in [3.05, 3.63) is 34.4 Å². The lowest BCUT2D eigenvalue weighted by molar-refractivity contribution is 0.224. The first-order valence-corrected chi connectivity index (χ1v) is 8.60. The number of aryl methyl sites for hydroxylation is 1. The lowest BCUT2D eigenvalue weighted by atomic mass is 10.2. The molecule has 0 bridgehead atoms.